The van der Waals surface area contributed by atoms with Crippen molar-refractivity contribution in [3.63, 3.8) is 0 Å². The van der Waals surface area contributed by atoms with Crippen LogP contribution in [-0.4, -0.2) is 22.7 Å². The largest absolute Gasteiger partial charge is 0.573 e. The smallest absolute Gasteiger partial charge is 0.405 e. The predicted molar refractivity (Wildman–Crippen MR) is 129 cm³/mol. The molecule has 5 rings (SSSR count). The molecule has 1 aliphatic carbocycles. The Balaban J connectivity index is 1.87. The molecule has 0 saturated carbocycles. The maximum Gasteiger partial charge on any atom is 0.573 e. The van der Waals surface area contributed by atoms with Crippen LogP contribution in [0.1, 0.15) is 11.1 Å². The van der Waals surface area contributed by atoms with Crippen molar-refractivity contribution < 1.29 is 35.8 Å². The third-order valence-corrected chi connectivity index (χ3v) is 5.98. The molecule has 40 heavy (non-hydrogen) atoms. The van der Waals surface area contributed by atoms with E-state index in [9.17, 15) is 36.9 Å². The van der Waals surface area contributed by atoms with Crippen molar-refractivity contribution in [2.24, 2.45) is 0 Å². The molecule has 0 atom stereocenters. The molecule has 0 saturated heterocycles. The quantitative estimate of drug-likeness (QED) is 0.171. The number of pyridine rings is 2. The van der Waals surface area contributed by atoms with Gasteiger partial charge in [0, 0.05) is 41.5 Å². The number of benzene rings is 2. The topological polar surface area (TPSA) is 91.8 Å². The third kappa shape index (κ3) is 5.02. The maximum absolute atomic E-state index is 13.4. The number of hydrogen-bond donors (Lipinski definition) is 0. The SMILES string of the molecule is N#CC(C#N)=C1c2cc(OC(F)(F)F)c(-c3ccncc3)cc2-c2cc(-c3ccncc3)c(OC(F)(F)F)cc21. The van der Waals surface area contributed by atoms with Crippen molar-refractivity contribution in [1.82, 2.24) is 9.97 Å². The van der Waals surface area contributed by atoms with E-state index in [1.54, 1.807) is 12.1 Å². The first kappa shape index (κ1) is 26.3. The molecule has 0 unspecified atom stereocenters. The van der Waals surface area contributed by atoms with E-state index in [2.05, 4.69) is 19.4 Å². The van der Waals surface area contributed by atoms with Gasteiger partial charge in [-0.15, -0.1) is 26.3 Å². The summed E-state index contributed by atoms with van der Waals surface area (Å²) >= 11 is 0. The molecule has 6 nitrogen and oxygen atoms in total. The standard InChI is InChI=1S/C28H12F6N4O2/c29-27(30,31)39-24-11-22-20(9-18(24)15-1-5-37-6-2-15)21-10-19(16-3-7-38-8-4-16)25(40-28(32,33)34)12-23(21)26(22)17(13-35)14-36/h1-12H. The molecule has 0 bridgehead atoms. The van der Waals surface area contributed by atoms with Gasteiger partial charge < -0.3 is 9.47 Å². The molecule has 0 radical (unpaired) electrons. The van der Waals surface area contributed by atoms with Crippen LogP contribution in [0.25, 0.3) is 39.0 Å². The number of ether oxygens (including phenoxy) is 2. The van der Waals surface area contributed by atoms with Gasteiger partial charge in [0.15, 0.2) is 0 Å². The van der Waals surface area contributed by atoms with E-state index < -0.39 is 29.8 Å². The summed E-state index contributed by atoms with van der Waals surface area (Å²) in [7, 11) is 0. The second-order valence-electron chi connectivity index (χ2n) is 8.33. The molecule has 0 amide bonds. The average molecular weight is 550 g/mol. The van der Waals surface area contributed by atoms with Gasteiger partial charge in [0.2, 0.25) is 0 Å². The predicted octanol–water partition coefficient (Wildman–Crippen LogP) is 7.44. The lowest BCUT2D eigenvalue weighted by atomic mass is 9.95. The first-order valence-electron chi connectivity index (χ1n) is 11.2. The van der Waals surface area contributed by atoms with Crippen molar-refractivity contribution in [3.05, 3.63) is 90.0 Å². The van der Waals surface area contributed by atoms with Gasteiger partial charge in [-0.25, -0.2) is 0 Å². The van der Waals surface area contributed by atoms with Crippen molar-refractivity contribution >= 4 is 5.57 Å². The van der Waals surface area contributed by atoms with Crippen LogP contribution in [0.5, 0.6) is 11.5 Å². The minimum absolute atomic E-state index is 0.00206. The fraction of sp³-hybridized carbons (Fsp3) is 0.0714. The first-order valence-corrected chi connectivity index (χ1v) is 11.2. The Bertz CT molecular complexity index is 1610. The van der Waals surface area contributed by atoms with Gasteiger partial charge in [-0.05, 0) is 81.9 Å². The Morgan fingerprint density at radius 2 is 0.950 bits per heavy atom. The Labute approximate surface area is 222 Å². The summed E-state index contributed by atoms with van der Waals surface area (Å²) in [6.07, 6.45) is -4.73. The summed E-state index contributed by atoms with van der Waals surface area (Å²) in [6, 6.07) is 13.9. The van der Waals surface area contributed by atoms with Crippen LogP contribution in [0.3, 0.4) is 0 Å². The second kappa shape index (κ2) is 9.75. The highest BCUT2D eigenvalue weighted by molar-refractivity contribution is 6.07. The van der Waals surface area contributed by atoms with Crippen molar-refractivity contribution in [1.29, 1.82) is 10.5 Å². The van der Waals surface area contributed by atoms with Gasteiger partial charge in [0.25, 0.3) is 0 Å². The second-order valence-corrected chi connectivity index (χ2v) is 8.33. The molecule has 0 spiro atoms. The number of rotatable bonds is 4. The van der Waals surface area contributed by atoms with Crippen molar-refractivity contribution in [2.45, 2.75) is 12.7 Å². The lowest BCUT2D eigenvalue weighted by Crippen LogP contribution is -2.17. The van der Waals surface area contributed by atoms with Gasteiger partial charge in [0.05, 0.1) is 0 Å². The van der Waals surface area contributed by atoms with Gasteiger partial charge in [-0.1, -0.05) is 0 Å². The van der Waals surface area contributed by atoms with E-state index in [4.69, 9.17) is 0 Å². The highest BCUT2D eigenvalue weighted by Gasteiger charge is 2.37. The Kier molecular flexibility index (Phi) is 6.40. The molecule has 12 heteroatoms. The van der Waals surface area contributed by atoms with E-state index in [1.807, 2.05) is 0 Å². The normalized spacial score (nSPS) is 12.2. The minimum atomic E-state index is -5.10. The van der Waals surface area contributed by atoms with Gasteiger partial charge in [-0.2, -0.15) is 10.5 Å². The molecule has 0 aliphatic heterocycles. The van der Waals surface area contributed by atoms with Crippen LogP contribution in [0.15, 0.2) is 78.9 Å². The summed E-state index contributed by atoms with van der Waals surface area (Å²) < 4.78 is 89.1. The van der Waals surface area contributed by atoms with E-state index in [0.29, 0.717) is 11.1 Å². The highest BCUT2D eigenvalue weighted by Crippen LogP contribution is 2.53. The van der Waals surface area contributed by atoms with Crippen LogP contribution < -0.4 is 9.47 Å². The zero-order valence-electron chi connectivity index (χ0n) is 19.8. The van der Waals surface area contributed by atoms with Gasteiger partial charge in [-0.3, -0.25) is 9.97 Å². The summed E-state index contributed by atoms with van der Waals surface area (Å²) in [5.41, 5.74) is 0.466. The maximum atomic E-state index is 13.4. The fourth-order valence-corrected chi connectivity index (χ4v) is 4.50. The summed E-state index contributed by atoms with van der Waals surface area (Å²) in [6.45, 7) is 0. The molecule has 1 aliphatic rings. The molecule has 0 N–H and O–H groups in total. The zero-order valence-corrected chi connectivity index (χ0v) is 19.8. The van der Waals surface area contributed by atoms with Crippen LogP contribution >= 0.6 is 0 Å². The van der Waals surface area contributed by atoms with Crippen LogP contribution in [0.4, 0.5) is 26.3 Å². The Morgan fingerprint density at radius 3 is 1.27 bits per heavy atom. The molecule has 2 heterocycles. The zero-order chi connectivity index (χ0) is 28.7. The van der Waals surface area contributed by atoms with Crippen LogP contribution in [0, 0.1) is 22.7 Å². The number of halogens is 6. The van der Waals surface area contributed by atoms with E-state index in [0.717, 1.165) is 12.1 Å². The summed E-state index contributed by atoms with van der Waals surface area (Å²) in [5, 5.41) is 19.3. The Morgan fingerprint density at radius 1 is 0.575 bits per heavy atom. The number of allylic oxidation sites excluding steroid dienone is 1. The third-order valence-electron chi connectivity index (χ3n) is 5.98. The first-order chi connectivity index (χ1) is 19.0. The van der Waals surface area contributed by atoms with Gasteiger partial charge in [0.1, 0.15) is 29.2 Å². The summed E-state index contributed by atoms with van der Waals surface area (Å²) in [5.74, 6) is -1.28. The lowest BCUT2D eigenvalue weighted by molar-refractivity contribution is -0.275. The van der Waals surface area contributed by atoms with Crippen molar-refractivity contribution in [3.8, 4) is 57.0 Å². The van der Waals surface area contributed by atoms with Crippen LogP contribution in [-0.2, 0) is 0 Å². The van der Waals surface area contributed by atoms with E-state index in [1.165, 1.54) is 61.2 Å². The molecular formula is C28H12F6N4O2. The molecule has 2 aromatic carbocycles. The lowest BCUT2D eigenvalue weighted by Gasteiger charge is -2.16. The molecule has 4 aromatic rings. The average Bonchev–Trinajstić information content (AvgIpc) is 3.20. The molecule has 0 fully saturated rings. The summed E-state index contributed by atoms with van der Waals surface area (Å²) in [4.78, 5) is 7.74. The van der Waals surface area contributed by atoms with E-state index in [-0.39, 0.29) is 39.0 Å². The molecule has 198 valence electrons. The number of hydrogen-bond acceptors (Lipinski definition) is 6. The van der Waals surface area contributed by atoms with Crippen LogP contribution in [0.2, 0.25) is 0 Å². The molecular weight excluding hydrogens is 538 g/mol. The number of nitriles is 2. The number of aromatic nitrogens is 2. The fourth-order valence-electron chi connectivity index (χ4n) is 4.50. The molecule has 2 aromatic heterocycles. The Hall–Kier alpha value is -5.36. The monoisotopic (exact) mass is 550 g/mol. The highest BCUT2D eigenvalue weighted by atomic mass is 19.4. The van der Waals surface area contributed by atoms with Gasteiger partial charge >= 0.3 is 12.7 Å². The van der Waals surface area contributed by atoms with Crippen molar-refractivity contribution in [2.75, 3.05) is 0 Å². The minimum Gasteiger partial charge on any atom is -0.405 e. The van der Waals surface area contributed by atoms with E-state index >= 15 is 0 Å². The number of nitrogens with zero attached hydrogens (tertiary/aromatic N) is 4. The number of alkyl halides is 6. The number of fused-ring (bicyclic) bond motifs is 3.